The van der Waals surface area contributed by atoms with Crippen LogP contribution in [0.1, 0.15) is 0 Å². The average Bonchev–Trinajstić information content (AvgIpc) is 2.03. The second-order valence-electron chi connectivity index (χ2n) is 1.93. The summed E-state index contributed by atoms with van der Waals surface area (Å²) in [4.78, 5) is 4.09. The maximum absolute atomic E-state index is 5.84. The van der Waals surface area contributed by atoms with Crippen LogP contribution < -0.4 is 5.73 Å². The first-order valence-electron chi connectivity index (χ1n) is 3.28. The van der Waals surface area contributed by atoms with Gasteiger partial charge in [0.05, 0.1) is 5.02 Å². The third-order valence-corrected chi connectivity index (χ3v) is 2.54. The highest BCUT2D eigenvalue weighted by molar-refractivity contribution is 7.99. The van der Waals surface area contributed by atoms with Crippen LogP contribution in [0, 0.1) is 0 Å². The molecule has 2 nitrogen and oxygen atoms in total. The third kappa shape index (κ3) is 2.69. The lowest BCUT2D eigenvalue weighted by molar-refractivity contribution is 1.11. The van der Waals surface area contributed by atoms with E-state index in [9.17, 15) is 0 Å². The molecule has 0 amide bonds. The average molecular weight is 189 g/mol. The molecule has 60 valence electrons. The fourth-order valence-electron chi connectivity index (χ4n) is 0.633. The van der Waals surface area contributed by atoms with Gasteiger partial charge in [-0.2, -0.15) is 0 Å². The number of nitrogens with two attached hydrogens (primary N) is 1. The van der Waals surface area contributed by atoms with Crippen molar-refractivity contribution in [1.29, 1.82) is 0 Å². The summed E-state index contributed by atoms with van der Waals surface area (Å²) in [7, 11) is 0. The molecule has 11 heavy (non-hydrogen) atoms. The van der Waals surface area contributed by atoms with Crippen LogP contribution in [-0.4, -0.2) is 17.3 Å². The van der Waals surface area contributed by atoms with Gasteiger partial charge in [0, 0.05) is 18.5 Å². The smallest absolute Gasteiger partial charge is 0.115 e. The van der Waals surface area contributed by atoms with Crippen molar-refractivity contribution in [2.75, 3.05) is 12.3 Å². The SMILES string of the molecule is NCCSc1ncccc1Cl. The van der Waals surface area contributed by atoms with Crippen molar-refractivity contribution in [3.05, 3.63) is 23.4 Å². The molecular formula is C7H9ClN2S. The highest BCUT2D eigenvalue weighted by atomic mass is 35.5. The molecule has 1 aromatic heterocycles. The Morgan fingerprint density at radius 3 is 3.09 bits per heavy atom. The second kappa shape index (κ2) is 4.59. The lowest BCUT2D eigenvalue weighted by Crippen LogP contribution is -2.01. The molecule has 0 fully saturated rings. The van der Waals surface area contributed by atoms with Crippen LogP contribution in [0.15, 0.2) is 23.4 Å². The first-order valence-corrected chi connectivity index (χ1v) is 4.64. The summed E-state index contributed by atoms with van der Waals surface area (Å²) < 4.78 is 0. The Labute approximate surface area is 75.1 Å². The first kappa shape index (κ1) is 8.84. The molecule has 1 rings (SSSR count). The van der Waals surface area contributed by atoms with Gasteiger partial charge in [0.1, 0.15) is 5.03 Å². The van der Waals surface area contributed by atoms with Crippen molar-refractivity contribution in [3.8, 4) is 0 Å². The molecule has 0 aliphatic rings. The zero-order valence-corrected chi connectivity index (χ0v) is 7.53. The van der Waals surface area contributed by atoms with Gasteiger partial charge in [-0.15, -0.1) is 11.8 Å². The van der Waals surface area contributed by atoms with E-state index in [4.69, 9.17) is 17.3 Å². The number of pyridine rings is 1. The van der Waals surface area contributed by atoms with E-state index < -0.39 is 0 Å². The normalized spacial score (nSPS) is 10.0. The summed E-state index contributed by atoms with van der Waals surface area (Å²) in [6, 6.07) is 3.64. The minimum Gasteiger partial charge on any atom is -0.330 e. The Bertz CT molecular complexity index is 229. The second-order valence-corrected chi connectivity index (χ2v) is 3.42. The van der Waals surface area contributed by atoms with Crippen LogP contribution in [0.25, 0.3) is 0 Å². The fourth-order valence-corrected chi connectivity index (χ4v) is 1.57. The molecule has 0 atom stereocenters. The molecule has 2 N–H and O–H groups in total. The number of halogens is 1. The standard InChI is InChI=1S/C7H9ClN2S/c8-6-2-1-4-10-7(6)11-5-3-9/h1-2,4H,3,5,9H2. The van der Waals surface area contributed by atoms with Gasteiger partial charge in [0.2, 0.25) is 0 Å². The molecule has 0 aliphatic carbocycles. The van der Waals surface area contributed by atoms with E-state index in [1.54, 1.807) is 18.0 Å². The maximum Gasteiger partial charge on any atom is 0.115 e. The molecule has 0 aromatic carbocycles. The van der Waals surface area contributed by atoms with Crippen molar-refractivity contribution in [1.82, 2.24) is 4.98 Å². The quantitative estimate of drug-likeness (QED) is 0.736. The topological polar surface area (TPSA) is 38.9 Å². The largest absolute Gasteiger partial charge is 0.330 e. The van der Waals surface area contributed by atoms with Crippen molar-refractivity contribution >= 4 is 23.4 Å². The highest BCUT2D eigenvalue weighted by Crippen LogP contribution is 2.22. The van der Waals surface area contributed by atoms with Crippen molar-refractivity contribution < 1.29 is 0 Å². The molecule has 0 aliphatic heterocycles. The van der Waals surface area contributed by atoms with Gasteiger partial charge in [-0.25, -0.2) is 4.98 Å². The summed E-state index contributed by atoms with van der Waals surface area (Å²) in [5.74, 6) is 0.858. The third-order valence-electron chi connectivity index (χ3n) is 1.08. The number of rotatable bonds is 3. The van der Waals surface area contributed by atoms with Gasteiger partial charge < -0.3 is 5.73 Å². The lowest BCUT2D eigenvalue weighted by Gasteiger charge is -1.99. The van der Waals surface area contributed by atoms with Crippen LogP contribution >= 0.6 is 23.4 Å². The van der Waals surface area contributed by atoms with Crippen LogP contribution in [0.3, 0.4) is 0 Å². The van der Waals surface area contributed by atoms with Gasteiger partial charge in [-0.1, -0.05) is 11.6 Å². The molecule has 1 heterocycles. The van der Waals surface area contributed by atoms with Crippen LogP contribution in [0.4, 0.5) is 0 Å². The summed E-state index contributed by atoms with van der Waals surface area (Å²) in [6.07, 6.45) is 1.73. The van der Waals surface area contributed by atoms with E-state index in [1.807, 2.05) is 12.1 Å². The van der Waals surface area contributed by atoms with Crippen molar-refractivity contribution in [3.63, 3.8) is 0 Å². The summed E-state index contributed by atoms with van der Waals surface area (Å²) in [5, 5.41) is 1.56. The number of hydrogen-bond donors (Lipinski definition) is 1. The zero-order chi connectivity index (χ0) is 8.10. The minimum absolute atomic E-state index is 0.650. The monoisotopic (exact) mass is 188 g/mol. The van der Waals surface area contributed by atoms with Gasteiger partial charge in [0.25, 0.3) is 0 Å². The molecule has 0 spiro atoms. The van der Waals surface area contributed by atoms with Crippen molar-refractivity contribution in [2.24, 2.45) is 5.73 Å². The number of nitrogens with zero attached hydrogens (tertiary/aromatic N) is 1. The maximum atomic E-state index is 5.84. The number of thioether (sulfide) groups is 1. The Balaban J connectivity index is 2.62. The summed E-state index contributed by atoms with van der Waals surface area (Å²) >= 11 is 7.41. The van der Waals surface area contributed by atoms with Crippen molar-refractivity contribution in [2.45, 2.75) is 5.03 Å². The highest BCUT2D eigenvalue weighted by Gasteiger charge is 1.98. The van der Waals surface area contributed by atoms with E-state index in [1.165, 1.54) is 0 Å². The zero-order valence-electron chi connectivity index (χ0n) is 5.96. The number of aromatic nitrogens is 1. The van der Waals surface area contributed by atoms with Crippen LogP contribution in [-0.2, 0) is 0 Å². The predicted octanol–water partition coefficient (Wildman–Crippen LogP) is 1.79. The molecule has 1 aromatic rings. The summed E-state index contributed by atoms with van der Waals surface area (Å²) in [6.45, 7) is 0.650. The summed E-state index contributed by atoms with van der Waals surface area (Å²) in [5.41, 5.74) is 5.33. The van der Waals surface area contributed by atoms with Gasteiger partial charge >= 0.3 is 0 Å². The Morgan fingerprint density at radius 2 is 2.45 bits per heavy atom. The van der Waals surface area contributed by atoms with E-state index in [0.717, 1.165) is 10.8 Å². The Kier molecular flexibility index (Phi) is 3.69. The fraction of sp³-hybridized carbons (Fsp3) is 0.286. The minimum atomic E-state index is 0.650. The van der Waals surface area contributed by atoms with E-state index in [-0.39, 0.29) is 0 Å². The molecule has 0 radical (unpaired) electrons. The number of hydrogen-bond acceptors (Lipinski definition) is 3. The molecule has 0 saturated heterocycles. The molecule has 0 bridgehead atoms. The van der Waals surface area contributed by atoms with Gasteiger partial charge in [-0.3, -0.25) is 0 Å². The Hall–Kier alpha value is -0.250. The van der Waals surface area contributed by atoms with Crippen LogP contribution in [0.2, 0.25) is 5.02 Å². The molecule has 0 unspecified atom stereocenters. The predicted molar refractivity (Wildman–Crippen MR) is 49.0 cm³/mol. The molecule has 4 heteroatoms. The van der Waals surface area contributed by atoms with E-state index in [2.05, 4.69) is 4.98 Å². The van der Waals surface area contributed by atoms with Crippen LogP contribution in [0.5, 0.6) is 0 Å². The van der Waals surface area contributed by atoms with E-state index in [0.29, 0.717) is 11.6 Å². The Morgan fingerprint density at radius 1 is 1.64 bits per heavy atom. The molecular weight excluding hydrogens is 180 g/mol. The van der Waals surface area contributed by atoms with E-state index >= 15 is 0 Å². The first-order chi connectivity index (χ1) is 5.34. The molecule has 0 saturated carbocycles. The van der Waals surface area contributed by atoms with Gasteiger partial charge in [0.15, 0.2) is 0 Å². The lowest BCUT2D eigenvalue weighted by atomic mass is 10.5. The van der Waals surface area contributed by atoms with Gasteiger partial charge in [-0.05, 0) is 12.1 Å².